The average Bonchev–Trinajstić information content (AvgIpc) is 2.06. The van der Waals surface area contributed by atoms with E-state index in [0.29, 0.717) is 6.42 Å². The number of rotatable bonds is 3. The molecule has 0 aromatic rings. The van der Waals surface area contributed by atoms with Crippen molar-refractivity contribution in [2.45, 2.75) is 59.7 Å². The van der Waals surface area contributed by atoms with Crippen molar-refractivity contribution in [2.24, 2.45) is 11.3 Å². The van der Waals surface area contributed by atoms with Crippen molar-refractivity contribution in [1.82, 2.24) is 0 Å². The van der Waals surface area contributed by atoms with Gasteiger partial charge in [0, 0.05) is 13.8 Å². The van der Waals surface area contributed by atoms with Gasteiger partial charge < -0.3 is 9.47 Å². The Kier molecular flexibility index (Phi) is 3.84. The van der Waals surface area contributed by atoms with E-state index in [-0.39, 0.29) is 5.41 Å². The molecule has 17 heavy (non-hydrogen) atoms. The molecule has 0 bridgehead atoms. The average molecular weight is 242 g/mol. The minimum Gasteiger partial charge on any atom is -0.422 e. The third-order valence-electron chi connectivity index (χ3n) is 2.68. The second-order valence-electron chi connectivity index (χ2n) is 6.25. The Morgan fingerprint density at radius 3 is 2.00 bits per heavy atom. The molecule has 0 atom stereocenters. The highest BCUT2D eigenvalue weighted by molar-refractivity contribution is 5.96. The molecule has 1 aliphatic rings. The molecule has 4 nitrogen and oxygen atoms in total. The standard InChI is InChI=1S/C13H22O4/c1-12(2,3)8-6-7-9-10(14)16-13(4,5)17-11(9)15/h9H,6-8H2,1-5H3. The smallest absolute Gasteiger partial charge is 0.323 e. The van der Waals surface area contributed by atoms with E-state index < -0.39 is 23.6 Å². The van der Waals surface area contributed by atoms with E-state index in [0.717, 1.165) is 12.8 Å². The van der Waals surface area contributed by atoms with E-state index in [4.69, 9.17) is 9.47 Å². The number of cyclic esters (lactones) is 2. The highest BCUT2D eigenvalue weighted by atomic mass is 16.7. The van der Waals surface area contributed by atoms with Gasteiger partial charge in [-0.2, -0.15) is 0 Å². The normalized spacial score (nSPS) is 21.0. The third-order valence-corrected chi connectivity index (χ3v) is 2.68. The van der Waals surface area contributed by atoms with Crippen LogP contribution in [0.1, 0.15) is 53.9 Å². The van der Waals surface area contributed by atoms with Gasteiger partial charge in [0.2, 0.25) is 0 Å². The Labute approximate surface area is 103 Å². The molecule has 0 aromatic carbocycles. The molecule has 4 heteroatoms. The molecule has 0 aromatic heterocycles. The van der Waals surface area contributed by atoms with Crippen LogP contribution in [0.3, 0.4) is 0 Å². The summed E-state index contributed by atoms with van der Waals surface area (Å²) in [7, 11) is 0. The Balaban J connectivity index is 2.50. The molecule has 1 aliphatic heterocycles. The fraction of sp³-hybridized carbons (Fsp3) is 0.846. The van der Waals surface area contributed by atoms with Crippen LogP contribution in [0.4, 0.5) is 0 Å². The van der Waals surface area contributed by atoms with Crippen LogP contribution in [-0.2, 0) is 19.1 Å². The van der Waals surface area contributed by atoms with Gasteiger partial charge in [0.15, 0.2) is 5.92 Å². The molecule has 1 heterocycles. The van der Waals surface area contributed by atoms with E-state index >= 15 is 0 Å². The number of hydrogen-bond donors (Lipinski definition) is 0. The minimum absolute atomic E-state index is 0.210. The maximum absolute atomic E-state index is 11.7. The number of carbonyl (C=O) groups excluding carboxylic acids is 2. The van der Waals surface area contributed by atoms with Gasteiger partial charge in [-0.05, 0) is 18.3 Å². The molecule has 0 N–H and O–H groups in total. The Morgan fingerprint density at radius 1 is 1.12 bits per heavy atom. The lowest BCUT2D eigenvalue weighted by atomic mass is 9.87. The maximum Gasteiger partial charge on any atom is 0.323 e. The largest absolute Gasteiger partial charge is 0.422 e. The SMILES string of the molecule is CC(C)(C)CCCC1C(=O)OC(C)(C)OC1=O. The van der Waals surface area contributed by atoms with Gasteiger partial charge in [0.25, 0.3) is 5.79 Å². The summed E-state index contributed by atoms with van der Waals surface area (Å²) in [5.41, 5.74) is 0.210. The zero-order valence-electron chi connectivity index (χ0n) is 11.3. The highest BCUT2D eigenvalue weighted by Gasteiger charge is 2.42. The van der Waals surface area contributed by atoms with Crippen molar-refractivity contribution in [3.05, 3.63) is 0 Å². The monoisotopic (exact) mass is 242 g/mol. The molecular formula is C13H22O4. The Hall–Kier alpha value is -1.06. The summed E-state index contributed by atoms with van der Waals surface area (Å²) in [6, 6.07) is 0. The fourth-order valence-electron chi connectivity index (χ4n) is 1.82. The van der Waals surface area contributed by atoms with Crippen molar-refractivity contribution in [3.63, 3.8) is 0 Å². The van der Waals surface area contributed by atoms with E-state index in [2.05, 4.69) is 20.8 Å². The van der Waals surface area contributed by atoms with Crippen LogP contribution in [0.5, 0.6) is 0 Å². The van der Waals surface area contributed by atoms with E-state index in [1.165, 1.54) is 0 Å². The zero-order chi connectivity index (χ0) is 13.3. The molecule has 0 amide bonds. The summed E-state index contributed by atoms with van der Waals surface area (Å²) in [6.45, 7) is 9.53. The van der Waals surface area contributed by atoms with Gasteiger partial charge >= 0.3 is 11.9 Å². The zero-order valence-corrected chi connectivity index (χ0v) is 11.3. The van der Waals surface area contributed by atoms with Crippen LogP contribution in [0.2, 0.25) is 0 Å². The van der Waals surface area contributed by atoms with E-state index in [1.54, 1.807) is 13.8 Å². The molecule has 98 valence electrons. The molecule has 0 radical (unpaired) electrons. The van der Waals surface area contributed by atoms with Gasteiger partial charge in [-0.25, -0.2) is 0 Å². The molecular weight excluding hydrogens is 220 g/mol. The number of ether oxygens (including phenoxy) is 2. The summed E-state index contributed by atoms with van der Waals surface area (Å²) >= 11 is 0. The van der Waals surface area contributed by atoms with Crippen molar-refractivity contribution in [1.29, 1.82) is 0 Å². The van der Waals surface area contributed by atoms with Crippen LogP contribution < -0.4 is 0 Å². The molecule has 1 saturated heterocycles. The Bertz CT molecular complexity index is 292. The lowest BCUT2D eigenvalue weighted by Crippen LogP contribution is -2.46. The summed E-state index contributed by atoms with van der Waals surface area (Å²) in [5.74, 6) is -2.78. The van der Waals surface area contributed by atoms with Gasteiger partial charge in [-0.1, -0.05) is 27.2 Å². The number of esters is 2. The predicted octanol–water partition coefficient (Wildman–Crippen LogP) is 2.66. The fourth-order valence-corrected chi connectivity index (χ4v) is 1.82. The summed E-state index contributed by atoms with van der Waals surface area (Å²) < 4.78 is 10.1. The lowest BCUT2D eigenvalue weighted by molar-refractivity contribution is -0.240. The van der Waals surface area contributed by atoms with Crippen LogP contribution in [-0.4, -0.2) is 17.7 Å². The molecule has 1 rings (SSSR count). The first-order valence-electron chi connectivity index (χ1n) is 6.06. The van der Waals surface area contributed by atoms with Crippen LogP contribution in [0.15, 0.2) is 0 Å². The highest BCUT2D eigenvalue weighted by Crippen LogP contribution is 2.28. The topological polar surface area (TPSA) is 52.6 Å². The molecule has 0 unspecified atom stereocenters. The summed E-state index contributed by atoms with van der Waals surface area (Å²) in [4.78, 5) is 23.3. The van der Waals surface area contributed by atoms with Crippen LogP contribution in [0.25, 0.3) is 0 Å². The Morgan fingerprint density at radius 2 is 1.59 bits per heavy atom. The van der Waals surface area contributed by atoms with Gasteiger partial charge in [0.05, 0.1) is 0 Å². The second-order valence-corrected chi connectivity index (χ2v) is 6.25. The first kappa shape index (κ1) is 14.0. The molecule has 0 spiro atoms. The van der Waals surface area contributed by atoms with E-state index in [9.17, 15) is 9.59 Å². The third kappa shape index (κ3) is 4.36. The lowest BCUT2D eigenvalue weighted by Gasteiger charge is -2.33. The van der Waals surface area contributed by atoms with Crippen molar-refractivity contribution in [2.75, 3.05) is 0 Å². The first-order valence-corrected chi connectivity index (χ1v) is 6.06. The van der Waals surface area contributed by atoms with Crippen molar-refractivity contribution in [3.8, 4) is 0 Å². The number of hydrogen-bond acceptors (Lipinski definition) is 4. The van der Waals surface area contributed by atoms with Crippen LogP contribution in [0, 0.1) is 11.3 Å². The summed E-state index contributed by atoms with van der Waals surface area (Å²) in [6.07, 6.45) is 2.29. The minimum atomic E-state index is -1.12. The van der Waals surface area contributed by atoms with Gasteiger partial charge in [-0.3, -0.25) is 9.59 Å². The number of carbonyl (C=O) groups is 2. The summed E-state index contributed by atoms with van der Waals surface area (Å²) in [5, 5.41) is 0. The van der Waals surface area contributed by atoms with Gasteiger partial charge in [0.1, 0.15) is 0 Å². The van der Waals surface area contributed by atoms with Crippen molar-refractivity contribution >= 4 is 11.9 Å². The second kappa shape index (κ2) is 4.67. The quantitative estimate of drug-likeness (QED) is 0.564. The molecule has 0 aliphatic carbocycles. The van der Waals surface area contributed by atoms with E-state index in [1.807, 2.05) is 0 Å². The van der Waals surface area contributed by atoms with Crippen LogP contribution >= 0.6 is 0 Å². The predicted molar refractivity (Wildman–Crippen MR) is 63.1 cm³/mol. The maximum atomic E-state index is 11.7. The van der Waals surface area contributed by atoms with Crippen molar-refractivity contribution < 1.29 is 19.1 Å². The molecule has 0 saturated carbocycles. The first-order chi connectivity index (χ1) is 7.61. The molecule has 1 fully saturated rings. The van der Waals surface area contributed by atoms with Gasteiger partial charge in [-0.15, -0.1) is 0 Å².